The number of thioether (sulfide) groups is 1. The zero-order valence-electron chi connectivity index (χ0n) is 11.1. The summed E-state index contributed by atoms with van der Waals surface area (Å²) in [5, 5.41) is 2.91. The minimum atomic E-state index is 0.0240. The number of nitrogens with one attached hydrogen (secondary N) is 1. The van der Waals surface area contributed by atoms with Gasteiger partial charge in [-0.15, -0.1) is 11.8 Å². The fraction of sp³-hybridized carbons (Fsp3) is 0.500. The quantitative estimate of drug-likeness (QED) is 0.813. The number of carbonyl (C=O) groups is 1. The van der Waals surface area contributed by atoms with Crippen molar-refractivity contribution in [1.29, 1.82) is 0 Å². The first-order valence-electron chi connectivity index (χ1n) is 6.50. The fourth-order valence-corrected chi connectivity index (χ4v) is 2.97. The summed E-state index contributed by atoms with van der Waals surface area (Å²) in [6.07, 6.45) is 2.59. The van der Waals surface area contributed by atoms with Crippen molar-refractivity contribution in [2.45, 2.75) is 25.9 Å². The molecule has 0 saturated carbocycles. The topological polar surface area (TPSA) is 64.3 Å². The Balaban J connectivity index is 1.74. The van der Waals surface area contributed by atoms with Gasteiger partial charge in [-0.2, -0.15) is 0 Å². The maximum absolute atomic E-state index is 11.8. The van der Waals surface area contributed by atoms with E-state index in [4.69, 9.17) is 10.5 Å². The Bertz CT molecular complexity index is 445. The summed E-state index contributed by atoms with van der Waals surface area (Å²) >= 11 is 1.63. The smallest absolute Gasteiger partial charge is 0.234 e. The highest BCUT2D eigenvalue weighted by Gasteiger charge is 2.15. The Hall–Kier alpha value is -1.20. The van der Waals surface area contributed by atoms with Crippen molar-refractivity contribution in [3.8, 4) is 0 Å². The maximum atomic E-state index is 11.8. The molecule has 1 heterocycles. The summed E-state index contributed by atoms with van der Waals surface area (Å²) in [5.41, 5.74) is 8.20. The van der Waals surface area contributed by atoms with Gasteiger partial charge in [-0.1, -0.05) is 0 Å². The van der Waals surface area contributed by atoms with Crippen molar-refractivity contribution in [3.05, 3.63) is 23.8 Å². The number of ether oxygens (including phenoxy) is 1. The number of amides is 1. The molecule has 3 N–H and O–H groups in total. The first-order chi connectivity index (χ1) is 9.15. The highest BCUT2D eigenvalue weighted by Crippen LogP contribution is 2.19. The van der Waals surface area contributed by atoms with Crippen LogP contribution in [0, 0.1) is 6.92 Å². The SMILES string of the molecule is Cc1cc(N)ccc1NC(=O)CSCC1CCCO1. The number of nitrogens with two attached hydrogens (primary N) is 1. The van der Waals surface area contributed by atoms with Crippen LogP contribution in [0.2, 0.25) is 0 Å². The lowest BCUT2D eigenvalue weighted by Gasteiger charge is -2.10. The third kappa shape index (κ3) is 4.44. The van der Waals surface area contributed by atoms with Crippen LogP contribution in [0.3, 0.4) is 0 Å². The standard InChI is InChI=1S/C14H20N2O2S/c1-10-7-11(15)4-5-13(10)16-14(17)9-19-8-12-3-2-6-18-12/h4-5,7,12H,2-3,6,8-9,15H2,1H3,(H,16,17). The van der Waals surface area contributed by atoms with Crippen LogP contribution in [0.5, 0.6) is 0 Å². The molecule has 5 heteroatoms. The van der Waals surface area contributed by atoms with Gasteiger partial charge in [0, 0.05) is 23.7 Å². The summed E-state index contributed by atoms with van der Waals surface area (Å²) in [6, 6.07) is 5.49. The number of rotatable bonds is 5. The second-order valence-electron chi connectivity index (χ2n) is 4.77. The monoisotopic (exact) mass is 280 g/mol. The molecule has 1 atom stereocenters. The third-order valence-corrected chi connectivity index (χ3v) is 4.16. The first kappa shape index (κ1) is 14.2. The predicted octanol–water partition coefficient (Wildman–Crippen LogP) is 2.43. The van der Waals surface area contributed by atoms with Crippen LogP contribution in [0.4, 0.5) is 11.4 Å². The normalized spacial score (nSPS) is 18.5. The number of aryl methyl sites for hydroxylation is 1. The summed E-state index contributed by atoms with van der Waals surface area (Å²) in [5.74, 6) is 1.38. The minimum absolute atomic E-state index is 0.0240. The molecule has 2 rings (SSSR count). The number of anilines is 2. The van der Waals surface area contributed by atoms with Gasteiger partial charge >= 0.3 is 0 Å². The van der Waals surface area contributed by atoms with Crippen LogP contribution in [-0.2, 0) is 9.53 Å². The van der Waals surface area contributed by atoms with Gasteiger partial charge in [-0.25, -0.2) is 0 Å². The van der Waals surface area contributed by atoms with E-state index >= 15 is 0 Å². The lowest BCUT2D eigenvalue weighted by molar-refractivity contribution is -0.113. The zero-order chi connectivity index (χ0) is 13.7. The highest BCUT2D eigenvalue weighted by atomic mass is 32.2. The molecule has 1 saturated heterocycles. The van der Waals surface area contributed by atoms with Crippen LogP contribution in [0.25, 0.3) is 0 Å². The van der Waals surface area contributed by atoms with E-state index in [2.05, 4.69) is 5.32 Å². The molecule has 1 aromatic rings. The van der Waals surface area contributed by atoms with Gasteiger partial charge in [0.25, 0.3) is 0 Å². The molecule has 0 bridgehead atoms. The second kappa shape index (κ2) is 6.82. The van der Waals surface area contributed by atoms with Crippen molar-refractivity contribution >= 4 is 29.0 Å². The first-order valence-corrected chi connectivity index (χ1v) is 7.66. The van der Waals surface area contributed by atoms with Crippen LogP contribution in [0.1, 0.15) is 18.4 Å². The van der Waals surface area contributed by atoms with Gasteiger partial charge in [-0.05, 0) is 43.5 Å². The number of carbonyl (C=O) groups excluding carboxylic acids is 1. The average molecular weight is 280 g/mol. The molecule has 0 radical (unpaired) electrons. The van der Waals surface area contributed by atoms with E-state index in [0.29, 0.717) is 17.5 Å². The summed E-state index contributed by atoms with van der Waals surface area (Å²) in [6.45, 7) is 2.80. The molecule has 1 aliphatic rings. The van der Waals surface area contributed by atoms with Crippen LogP contribution in [-0.4, -0.2) is 30.1 Å². The molecule has 19 heavy (non-hydrogen) atoms. The summed E-state index contributed by atoms with van der Waals surface area (Å²) < 4.78 is 5.52. The second-order valence-corrected chi connectivity index (χ2v) is 5.80. The molecule has 104 valence electrons. The molecule has 0 aliphatic carbocycles. The number of benzene rings is 1. The van der Waals surface area contributed by atoms with Gasteiger partial charge in [-0.3, -0.25) is 4.79 Å². The molecule has 0 aromatic heterocycles. The third-order valence-electron chi connectivity index (χ3n) is 3.09. The minimum Gasteiger partial charge on any atom is -0.399 e. The van der Waals surface area contributed by atoms with Crippen molar-refractivity contribution in [1.82, 2.24) is 0 Å². The Morgan fingerprint density at radius 2 is 2.42 bits per heavy atom. The number of hydrogen-bond donors (Lipinski definition) is 2. The van der Waals surface area contributed by atoms with Gasteiger partial charge < -0.3 is 15.8 Å². The molecule has 1 amide bonds. The molecule has 1 fully saturated rings. The van der Waals surface area contributed by atoms with E-state index in [1.165, 1.54) is 0 Å². The average Bonchev–Trinajstić information content (AvgIpc) is 2.86. The van der Waals surface area contributed by atoms with E-state index in [1.54, 1.807) is 17.8 Å². The highest BCUT2D eigenvalue weighted by molar-refractivity contribution is 8.00. The molecule has 1 unspecified atom stereocenters. The Kier molecular flexibility index (Phi) is 5.10. The Morgan fingerprint density at radius 3 is 3.11 bits per heavy atom. The van der Waals surface area contributed by atoms with E-state index < -0.39 is 0 Å². The summed E-state index contributed by atoms with van der Waals surface area (Å²) in [4.78, 5) is 11.8. The van der Waals surface area contributed by atoms with E-state index in [9.17, 15) is 4.79 Å². The molecule has 1 aromatic carbocycles. The van der Waals surface area contributed by atoms with Gasteiger partial charge in [0.05, 0.1) is 11.9 Å². The predicted molar refractivity (Wildman–Crippen MR) is 80.5 cm³/mol. The van der Waals surface area contributed by atoms with Crippen LogP contribution >= 0.6 is 11.8 Å². The van der Waals surface area contributed by atoms with Gasteiger partial charge in [0.1, 0.15) is 0 Å². The van der Waals surface area contributed by atoms with Gasteiger partial charge in [0.15, 0.2) is 0 Å². The van der Waals surface area contributed by atoms with Crippen LogP contribution < -0.4 is 11.1 Å². The van der Waals surface area contributed by atoms with Crippen molar-refractivity contribution in [3.63, 3.8) is 0 Å². The summed E-state index contributed by atoms with van der Waals surface area (Å²) in [7, 11) is 0. The molecular weight excluding hydrogens is 260 g/mol. The van der Waals surface area contributed by atoms with E-state index in [1.807, 2.05) is 19.1 Å². The van der Waals surface area contributed by atoms with Crippen LogP contribution in [0.15, 0.2) is 18.2 Å². The lowest BCUT2D eigenvalue weighted by atomic mass is 10.2. The molecule has 1 aliphatic heterocycles. The fourth-order valence-electron chi connectivity index (χ4n) is 2.07. The Morgan fingerprint density at radius 1 is 1.58 bits per heavy atom. The van der Waals surface area contributed by atoms with Crippen molar-refractivity contribution < 1.29 is 9.53 Å². The van der Waals surface area contributed by atoms with Gasteiger partial charge in [0.2, 0.25) is 5.91 Å². The molecule has 4 nitrogen and oxygen atoms in total. The molecule has 0 spiro atoms. The molecular formula is C14H20N2O2S. The largest absolute Gasteiger partial charge is 0.399 e. The lowest BCUT2D eigenvalue weighted by Crippen LogP contribution is -2.17. The zero-order valence-corrected chi connectivity index (χ0v) is 12.0. The Labute approximate surface area is 118 Å². The van der Waals surface area contributed by atoms with Crippen molar-refractivity contribution in [2.75, 3.05) is 29.2 Å². The number of hydrogen-bond acceptors (Lipinski definition) is 4. The van der Waals surface area contributed by atoms with Crippen molar-refractivity contribution in [2.24, 2.45) is 0 Å². The number of nitrogen functional groups attached to an aromatic ring is 1. The van der Waals surface area contributed by atoms with E-state index in [-0.39, 0.29) is 5.91 Å². The maximum Gasteiger partial charge on any atom is 0.234 e. The van der Waals surface area contributed by atoms with E-state index in [0.717, 1.165) is 36.5 Å².